The van der Waals surface area contributed by atoms with Crippen LogP contribution < -0.4 is 0 Å². The molecule has 0 aromatic heterocycles. The van der Waals surface area contributed by atoms with Gasteiger partial charge >= 0.3 is 0 Å². The van der Waals surface area contributed by atoms with Crippen molar-refractivity contribution < 1.29 is 9.84 Å². The zero-order valence-corrected chi connectivity index (χ0v) is 10.4. The number of β-amino-alcohol motifs (C(OH)–C–C–N with tert-alkyl or cyclic N) is 1. The van der Waals surface area contributed by atoms with Gasteiger partial charge in [0.05, 0.1) is 12.7 Å². The van der Waals surface area contributed by atoms with E-state index < -0.39 is 0 Å². The van der Waals surface area contributed by atoms with Crippen molar-refractivity contribution in [1.82, 2.24) is 9.80 Å². The van der Waals surface area contributed by atoms with Crippen molar-refractivity contribution in [2.75, 3.05) is 40.4 Å². The Morgan fingerprint density at radius 2 is 2.25 bits per heavy atom. The summed E-state index contributed by atoms with van der Waals surface area (Å²) in [4.78, 5) is 4.67. The minimum absolute atomic E-state index is 0.146. The molecule has 2 saturated heterocycles. The second-order valence-corrected chi connectivity index (χ2v) is 5.37. The van der Waals surface area contributed by atoms with Gasteiger partial charge in [-0.3, -0.25) is 4.90 Å². The van der Waals surface area contributed by atoms with E-state index in [1.165, 1.54) is 6.42 Å². The van der Waals surface area contributed by atoms with Crippen LogP contribution in [0.5, 0.6) is 0 Å². The van der Waals surface area contributed by atoms with Crippen molar-refractivity contribution in [3.05, 3.63) is 0 Å². The molecule has 16 heavy (non-hydrogen) atoms. The van der Waals surface area contributed by atoms with Crippen LogP contribution in [-0.2, 0) is 4.74 Å². The zero-order chi connectivity index (χ0) is 11.5. The number of likely N-dealkylation sites (tertiary alicyclic amines) is 1. The predicted octanol–water partition coefficient (Wildman–Crippen LogP) is 0.162. The molecule has 0 saturated carbocycles. The fourth-order valence-corrected chi connectivity index (χ4v) is 2.95. The maximum absolute atomic E-state index is 9.81. The van der Waals surface area contributed by atoms with Gasteiger partial charge in [0.2, 0.25) is 0 Å². The van der Waals surface area contributed by atoms with E-state index in [2.05, 4.69) is 23.9 Å². The Bertz CT molecular complexity index is 217. The molecule has 1 N–H and O–H groups in total. The summed E-state index contributed by atoms with van der Waals surface area (Å²) in [6, 6.07) is 1.02. The van der Waals surface area contributed by atoms with Crippen LogP contribution in [0.25, 0.3) is 0 Å². The summed E-state index contributed by atoms with van der Waals surface area (Å²) < 4.78 is 5.55. The second kappa shape index (κ2) is 5.45. The molecule has 2 fully saturated rings. The third-order valence-corrected chi connectivity index (χ3v) is 3.62. The van der Waals surface area contributed by atoms with Crippen LogP contribution in [0.1, 0.15) is 19.3 Å². The number of rotatable bonds is 3. The smallest absolute Gasteiger partial charge is 0.0682 e. The Balaban J connectivity index is 1.94. The lowest BCUT2D eigenvalue weighted by Gasteiger charge is -2.36. The highest BCUT2D eigenvalue weighted by Crippen LogP contribution is 2.25. The maximum atomic E-state index is 9.81. The van der Waals surface area contributed by atoms with Crippen molar-refractivity contribution in [2.45, 2.75) is 37.5 Å². The number of aliphatic hydroxyl groups excluding tert-OH is 1. The molecule has 0 radical (unpaired) electrons. The van der Waals surface area contributed by atoms with Crippen LogP contribution in [-0.4, -0.2) is 73.5 Å². The first-order chi connectivity index (χ1) is 7.66. The average molecular weight is 228 g/mol. The quantitative estimate of drug-likeness (QED) is 0.746. The van der Waals surface area contributed by atoms with Crippen LogP contribution in [0.2, 0.25) is 0 Å². The number of hydrogen-bond donors (Lipinski definition) is 1. The van der Waals surface area contributed by atoms with Gasteiger partial charge in [-0.2, -0.15) is 0 Å². The van der Waals surface area contributed by atoms with Crippen LogP contribution >= 0.6 is 0 Å². The molecule has 2 aliphatic heterocycles. The average Bonchev–Trinajstić information content (AvgIpc) is 2.60. The second-order valence-electron chi connectivity index (χ2n) is 5.37. The molecule has 0 bridgehead atoms. The van der Waals surface area contributed by atoms with Crippen LogP contribution in [0.15, 0.2) is 0 Å². The van der Waals surface area contributed by atoms with Gasteiger partial charge in [-0.05, 0) is 33.4 Å². The molecule has 3 unspecified atom stereocenters. The molecule has 2 rings (SSSR count). The molecule has 0 spiro atoms. The number of ether oxygens (including phenoxy) is 1. The van der Waals surface area contributed by atoms with Gasteiger partial charge in [-0.25, -0.2) is 0 Å². The SMILES string of the molecule is CN(C)CC1CC(O)CN1C1CCCOC1. The van der Waals surface area contributed by atoms with Crippen molar-refractivity contribution in [3.63, 3.8) is 0 Å². The summed E-state index contributed by atoms with van der Waals surface area (Å²) in [7, 11) is 4.19. The molecule has 4 heteroatoms. The highest BCUT2D eigenvalue weighted by Gasteiger charge is 2.36. The van der Waals surface area contributed by atoms with E-state index in [1.807, 2.05) is 0 Å². The van der Waals surface area contributed by atoms with E-state index >= 15 is 0 Å². The molecular weight excluding hydrogens is 204 g/mol. The lowest BCUT2D eigenvalue weighted by molar-refractivity contribution is 0.00663. The van der Waals surface area contributed by atoms with Gasteiger partial charge in [0.15, 0.2) is 0 Å². The number of likely N-dealkylation sites (N-methyl/N-ethyl adjacent to an activating group) is 1. The fraction of sp³-hybridized carbons (Fsp3) is 1.00. The van der Waals surface area contributed by atoms with Crippen molar-refractivity contribution in [2.24, 2.45) is 0 Å². The lowest BCUT2D eigenvalue weighted by Crippen LogP contribution is -2.47. The van der Waals surface area contributed by atoms with Gasteiger partial charge in [0, 0.05) is 31.8 Å². The molecular formula is C12H24N2O2. The third kappa shape index (κ3) is 2.94. The molecule has 0 aromatic carbocycles. The van der Waals surface area contributed by atoms with Crippen molar-refractivity contribution >= 4 is 0 Å². The normalized spacial score (nSPS) is 37.1. The molecule has 4 nitrogen and oxygen atoms in total. The summed E-state index contributed by atoms with van der Waals surface area (Å²) >= 11 is 0. The summed E-state index contributed by atoms with van der Waals surface area (Å²) in [5.41, 5.74) is 0. The molecule has 3 atom stereocenters. The maximum Gasteiger partial charge on any atom is 0.0682 e. The molecule has 0 aliphatic carbocycles. The standard InChI is InChI=1S/C12H24N2O2/c1-13(2)7-11-6-12(15)8-14(11)10-4-3-5-16-9-10/h10-12,15H,3-9H2,1-2H3. The molecule has 2 heterocycles. The predicted molar refractivity (Wildman–Crippen MR) is 63.5 cm³/mol. The Labute approximate surface area is 98.2 Å². The number of aliphatic hydroxyl groups is 1. The summed E-state index contributed by atoms with van der Waals surface area (Å²) in [5, 5.41) is 9.81. The summed E-state index contributed by atoms with van der Waals surface area (Å²) in [6.45, 7) is 3.61. The van der Waals surface area contributed by atoms with E-state index in [0.717, 1.165) is 39.1 Å². The van der Waals surface area contributed by atoms with E-state index in [-0.39, 0.29) is 6.10 Å². The lowest BCUT2D eigenvalue weighted by atomic mass is 10.1. The molecule has 2 aliphatic rings. The van der Waals surface area contributed by atoms with E-state index in [4.69, 9.17) is 4.74 Å². The molecule has 0 aromatic rings. The van der Waals surface area contributed by atoms with Crippen molar-refractivity contribution in [3.8, 4) is 0 Å². The first-order valence-electron chi connectivity index (χ1n) is 6.33. The first kappa shape index (κ1) is 12.3. The van der Waals surface area contributed by atoms with Gasteiger partial charge in [-0.15, -0.1) is 0 Å². The number of hydrogen-bond acceptors (Lipinski definition) is 4. The van der Waals surface area contributed by atoms with Gasteiger partial charge < -0.3 is 14.7 Å². The molecule has 94 valence electrons. The summed E-state index contributed by atoms with van der Waals surface area (Å²) in [6.07, 6.45) is 3.14. The minimum atomic E-state index is -0.146. The van der Waals surface area contributed by atoms with Crippen LogP contribution in [0.3, 0.4) is 0 Å². The highest BCUT2D eigenvalue weighted by atomic mass is 16.5. The summed E-state index contributed by atoms with van der Waals surface area (Å²) in [5.74, 6) is 0. The van der Waals surface area contributed by atoms with E-state index in [1.54, 1.807) is 0 Å². The third-order valence-electron chi connectivity index (χ3n) is 3.62. The van der Waals surface area contributed by atoms with Crippen molar-refractivity contribution in [1.29, 1.82) is 0 Å². The first-order valence-corrected chi connectivity index (χ1v) is 6.33. The zero-order valence-electron chi connectivity index (χ0n) is 10.4. The largest absolute Gasteiger partial charge is 0.392 e. The van der Waals surface area contributed by atoms with Gasteiger partial charge in [0.25, 0.3) is 0 Å². The Hall–Kier alpha value is -0.160. The highest BCUT2D eigenvalue weighted by molar-refractivity contribution is 4.91. The molecule has 0 amide bonds. The topological polar surface area (TPSA) is 35.9 Å². The Morgan fingerprint density at radius 3 is 2.88 bits per heavy atom. The van der Waals surface area contributed by atoms with E-state index in [0.29, 0.717) is 12.1 Å². The van der Waals surface area contributed by atoms with Crippen LogP contribution in [0, 0.1) is 0 Å². The Morgan fingerprint density at radius 1 is 1.44 bits per heavy atom. The van der Waals surface area contributed by atoms with Gasteiger partial charge in [-0.1, -0.05) is 0 Å². The fourth-order valence-electron chi connectivity index (χ4n) is 2.95. The minimum Gasteiger partial charge on any atom is -0.392 e. The monoisotopic (exact) mass is 228 g/mol. The van der Waals surface area contributed by atoms with E-state index in [9.17, 15) is 5.11 Å². The number of nitrogens with zero attached hydrogens (tertiary/aromatic N) is 2. The van der Waals surface area contributed by atoms with Gasteiger partial charge in [0.1, 0.15) is 0 Å². The van der Waals surface area contributed by atoms with Crippen LogP contribution in [0.4, 0.5) is 0 Å². The Kier molecular flexibility index (Phi) is 4.19.